The Balaban J connectivity index is 1.36. The van der Waals surface area contributed by atoms with Crippen molar-refractivity contribution in [1.82, 2.24) is 9.80 Å². The highest BCUT2D eigenvalue weighted by atomic mass is 16.5. The van der Waals surface area contributed by atoms with Crippen LogP contribution in [0.2, 0.25) is 0 Å². The summed E-state index contributed by atoms with van der Waals surface area (Å²) in [6.07, 6.45) is 6.75. The summed E-state index contributed by atoms with van der Waals surface area (Å²) in [6, 6.07) is 16.0. The van der Waals surface area contributed by atoms with E-state index in [4.69, 9.17) is 9.47 Å². The van der Waals surface area contributed by atoms with Gasteiger partial charge < -0.3 is 29.3 Å². The van der Waals surface area contributed by atoms with Crippen LogP contribution in [0, 0.1) is 11.8 Å². The third-order valence-electron chi connectivity index (χ3n) is 8.26. The molecule has 2 fully saturated rings. The Labute approximate surface area is 233 Å². The summed E-state index contributed by atoms with van der Waals surface area (Å²) in [5.74, 6) is -1.84. The molecular formula is C31H33N3O6. The summed E-state index contributed by atoms with van der Waals surface area (Å²) in [4.78, 5) is 47.1. The van der Waals surface area contributed by atoms with Crippen molar-refractivity contribution in [3.63, 3.8) is 0 Å². The fraction of sp³-hybridized carbons (Fsp3) is 0.387. The predicted octanol–water partition coefficient (Wildman–Crippen LogP) is 2.16. The van der Waals surface area contributed by atoms with Gasteiger partial charge >= 0.3 is 0 Å². The normalized spacial score (nSPS) is 29.2. The van der Waals surface area contributed by atoms with E-state index in [2.05, 4.69) is 0 Å². The average molecular weight is 544 g/mol. The number of hydrogen-bond acceptors (Lipinski definition) is 6. The first-order valence-electron chi connectivity index (χ1n) is 13.8. The van der Waals surface area contributed by atoms with Crippen molar-refractivity contribution in [1.29, 1.82) is 0 Å². The molecule has 1 spiro atoms. The lowest BCUT2D eigenvalue weighted by Crippen LogP contribution is -2.55. The number of anilines is 1. The SMILES string of the molecule is CCOc1ccc(N2CC=C[C@H]3O[C@]45C=CCN(Cc6ccccc6)C(=O)C4N(CCO)C(=O)[C@@H]5[C@H]3C2=O)cc1. The van der Waals surface area contributed by atoms with E-state index < -0.39 is 29.6 Å². The van der Waals surface area contributed by atoms with Gasteiger partial charge in [-0.1, -0.05) is 54.6 Å². The van der Waals surface area contributed by atoms with Crippen LogP contribution in [0.5, 0.6) is 5.75 Å². The standard InChI is InChI=1S/C31H33N3O6/c1-2-39-23-13-11-22(12-14-23)33-17-6-10-24-25(28(33)36)26-29(37)34(18-19-35)27-30(38)32(16-7-15-31(26,27)40-24)20-21-8-4-3-5-9-21/h3-15,24-27,35H,2,16-20H2,1H3/t24-,25+,26+,27?,31+/m1/s1. The van der Waals surface area contributed by atoms with Gasteiger partial charge in [0.25, 0.3) is 0 Å². The Morgan fingerprint density at radius 1 is 0.975 bits per heavy atom. The van der Waals surface area contributed by atoms with Gasteiger partial charge in [-0.25, -0.2) is 0 Å². The number of aliphatic hydroxyl groups excluding tert-OH is 1. The number of benzene rings is 2. The smallest absolute Gasteiger partial charge is 0.249 e. The Hall–Kier alpha value is -3.95. The van der Waals surface area contributed by atoms with E-state index in [1.807, 2.05) is 85.8 Å². The van der Waals surface area contributed by atoms with E-state index in [-0.39, 0.29) is 30.9 Å². The van der Waals surface area contributed by atoms with E-state index in [0.717, 1.165) is 5.56 Å². The number of fused-ring (bicyclic) bond motifs is 2. The van der Waals surface area contributed by atoms with Gasteiger partial charge in [0.05, 0.1) is 31.2 Å². The van der Waals surface area contributed by atoms with Crippen molar-refractivity contribution >= 4 is 23.4 Å². The van der Waals surface area contributed by atoms with Crippen LogP contribution >= 0.6 is 0 Å². The maximum atomic E-state index is 14.2. The van der Waals surface area contributed by atoms with Gasteiger partial charge in [-0.15, -0.1) is 0 Å². The highest BCUT2D eigenvalue weighted by Gasteiger charge is 2.71. The van der Waals surface area contributed by atoms with Gasteiger partial charge in [-0.3, -0.25) is 14.4 Å². The molecule has 0 saturated carbocycles. The van der Waals surface area contributed by atoms with Crippen LogP contribution in [0.3, 0.4) is 0 Å². The second kappa shape index (κ2) is 10.6. The zero-order valence-corrected chi connectivity index (χ0v) is 22.4. The minimum absolute atomic E-state index is 0.0200. The summed E-state index contributed by atoms with van der Waals surface area (Å²) in [6.45, 7) is 3.18. The van der Waals surface area contributed by atoms with Crippen molar-refractivity contribution in [3.8, 4) is 5.75 Å². The van der Waals surface area contributed by atoms with Crippen molar-refractivity contribution in [2.75, 3.05) is 37.7 Å². The van der Waals surface area contributed by atoms with Gasteiger partial charge in [0.15, 0.2) is 0 Å². The Morgan fingerprint density at radius 2 is 1.75 bits per heavy atom. The quantitative estimate of drug-likeness (QED) is 0.538. The topological polar surface area (TPSA) is 99.6 Å². The number of ether oxygens (including phenoxy) is 2. The summed E-state index contributed by atoms with van der Waals surface area (Å²) >= 11 is 0. The monoisotopic (exact) mass is 543 g/mol. The van der Waals surface area contributed by atoms with Crippen LogP contribution in [0.25, 0.3) is 0 Å². The molecule has 2 saturated heterocycles. The zero-order chi connectivity index (χ0) is 27.9. The molecule has 4 heterocycles. The van der Waals surface area contributed by atoms with Crippen molar-refractivity contribution in [2.24, 2.45) is 11.8 Å². The Kier molecular flexibility index (Phi) is 6.93. The maximum Gasteiger partial charge on any atom is 0.249 e. The first kappa shape index (κ1) is 26.3. The minimum Gasteiger partial charge on any atom is -0.494 e. The van der Waals surface area contributed by atoms with Crippen molar-refractivity contribution < 1.29 is 29.0 Å². The number of carbonyl (C=O) groups is 3. The van der Waals surface area contributed by atoms with E-state index in [1.165, 1.54) is 4.90 Å². The predicted molar refractivity (Wildman–Crippen MR) is 147 cm³/mol. The molecule has 1 unspecified atom stereocenters. The van der Waals surface area contributed by atoms with E-state index in [9.17, 15) is 19.5 Å². The van der Waals surface area contributed by atoms with Crippen LogP contribution < -0.4 is 9.64 Å². The molecule has 0 radical (unpaired) electrons. The molecule has 4 aliphatic rings. The summed E-state index contributed by atoms with van der Waals surface area (Å²) in [5, 5.41) is 9.86. The largest absolute Gasteiger partial charge is 0.494 e. The minimum atomic E-state index is -1.31. The summed E-state index contributed by atoms with van der Waals surface area (Å²) < 4.78 is 12.2. The molecule has 2 aromatic carbocycles. The zero-order valence-electron chi connectivity index (χ0n) is 22.4. The third kappa shape index (κ3) is 4.20. The number of rotatable bonds is 7. The molecule has 1 N–H and O–H groups in total. The lowest BCUT2D eigenvalue weighted by atomic mass is 9.77. The second-order valence-electron chi connectivity index (χ2n) is 10.5. The molecule has 9 nitrogen and oxygen atoms in total. The number of aliphatic hydroxyl groups is 1. The van der Waals surface area contributed by atoms with E-state index in [1.54, 1.807) is 9.80 Å². The highest BCUT2D eigenvalue weighted by molar-refractivity contribution is 6.03. The fourth-order valence-electron chi connectivity index (χ4n) is 6.60. The molecule has 0 aliphatic carbocycles. The molecule has 6 rings (SSSR count). The number of amides is 3. The summed E-state index contributed by atoms with van der Waals surface area (Å²) in [5.41, 5.74) is 0.346. The number of β-amino-alcohol motifs (C(OH)–C–C–N with tert-alkyl or cyclic N) is 1. The van der Waals surface area contributed by atoms with E-state index >= 15 is 0 Å². The lowest BCUT2D eigenvalue weighted by molar-refractivity contribution is -0.147. The van der Waals surface area contributed by atoms with Crippen LogP contribution in [-0.2, 0) is 25.7 Å². The molecule has 4 aliphatic heterocycles. The Bertz CT molecular complexity index is 1340. The molecule has 2 aromatic rings. The van der Waals surface area contributed by atoms with Gasteiger partial charge in [-0.05, 0) is 36.8 Å². The molecule has 9 heteroatoms. The molecule has 0 bridgehead atoms. The molecule has 40 heavy (non-hydrogen) atoms. The van der Waals surface area contributed by atoms with Crippen LogP contribution in [0.15, 0.2) is 78.9 Å². The third-order valence-corrected chi connectivity index (χ3v) is 8.26. The molecular weight excluding hydrogens is 510 g/mol. The van der Waals surface area contributed by atoms with Crippen LogP contribution in [0.1, 0.15) is 12.5 Å². The van der Waals surface area contributed by atoms with Crippen LogP contribution in [-0.4, -0.2) is 83.2 Å². The highest BCUT2D eigenvalue weighted by Crippen LogP contribution is 2.53. The summed E-state index contributed by atoms with van der Waals surface area (Å²) in [7, 11) is 0. The van der Waals surface area contributed by atoms with Gasteiger partial charge in [0, 0.05) is 31.9 Å². The Morgan fingerprint density at radius 3 is 2.48 bits per heavy atom. The molecule has 208 valence electrons. The van der Waals surface area contributed by atoms with Gasteiger partial charge in [0.1, 0.15) is 17.4 Å². The molecule has 3 amide bonds. The van der Waals surface area contributed by atoms with Crippen LogP contribution in [0.4, 0.5) is 5.69 Å². The second-order valence-corrected chi connectivity index (χ2v) is 10.5. The first-order chi connectivity index (χ1) is 19.5. The molecule has 0 aromatic heterocycles. The number of nitrogens with zero attached hydrogens (tertiary/aromatic N) is 3. The van der Waals surface area contributed by atoms with Gasteiger partial charge in [0.2, 0.25) is 17.7 Å². The first-order valence-corrected chi connectivity index (χ1v) is 13.8. The van der Waals surface area contributed by atoms with Crippen molar-refractivity contribution in [3.05, 3.63) is 84.5 Å². The van der Waals surface area contributed by atoms with E-state index in [0.29, 0.717) is 37.7 Å². The average Bonchev–Trinajstić information content (AvgIpc) is 3.27. The number of carbonyl (C=O) groups excluding carboxylic acids is 3. The molecule has 5 atom stereocenters. The van der Waals surface area contributed by atoms with Gasteiger partial charge in [-0.2, -0.15) is 0 Å². The fourth-order valence-corrected chi connectivity index (χ4v) is 6.60. The maximum absolute atomic E-state index is 14.2. The van der Waals surface area contributed by atoms with Crippen molar-refractivity contribution in [2.45, 2.75) is 31.2 Å². The number of likely N-dealkylation sites (tertiary alicyclic amines) is 1. The number of hydrogen-bond donors (Lipinski definition) is 1. The lowest BCUT2D eigenvalue weighted by Gasteiger charge is -2.35.